The van der Waals surface area contributed by atoms with Crippen LogP contribution in [-0.2, 0) is 4.79 Å². The minimum Gasteiger partial charge on any atom is -0.497 e. The summed E-state index contributed by atoms with van der Waals surface area (Å²) < 4.78 is 7.98. The fourth-order valence-electron chi connectivity index (χ4n) is 3.64. The second kappa shape index (κ2) is 9.33. The number of carbonyl (C=O) groups is 1. The number of thiazole rings is 1. The molecule has 3 aromatic carbocycles. The van der Waals surface area contributed by atoms with E-state index in [1.807, 2.05) is 97.9 Å². The second-order valence-corrected chi connectivity index (χ2v) is 8.71. The summed E-state index contributed by atoms with van der Waals surface area (Å²) in [5.74, 6) is 1.11. The molecule has 0 aliphatic rings. The van der Waals surface area contributed by atoms with E-state index in [1.54, 1.807) is 11.8 Å². The lowest BCUT2D eigenvalue weighted by molar-refractivity contribution is -0.111. The Labute approximate surface area is 201 Å². The van der Waals surface area contributed by atoms with Crippen molar-refractivity contribution in [3.05, 3.63) is 102 Å². The molecule has 7 heteroatoms. The third-order valence-corrected chi connectivity index (χ3v) is 6.27. The average Bonchev–Trinajstić information content (AvgIpc) is 3.45. The summed E-state index contributed by atoms with van der Waals surface area (Å²) in [5, 5.41) is 8.30. The van der Waals surface area contributed by atoms with Crippen LogP contribution in [0.15, 0.2) is 84.9 Å². The zero-order valence-electron chi connectivity index (χ0n) is 18.7. The van der Waals surface area contributed by atoms with Crippen molar-refractivity contribution in [2.75, 3.05) is 12.4 Å². The van der Waals surface area contributed by atoms with E-state index in [2.05, 4.69) is 10.4 Å². The Morgan fingerprint density at radius 1 is 1.00 bits per heavy atom. The van der Waals surface area contributed by atoms with Crippen LogP contribution < -0.4 is 10.1 Å². The lowest BCUT2D eigenvalue weighted by Crippen LogP contribution is -2.16. The van der Waals surface area contributed by atoms with Gasteiger partial charge in [0, 0.05) is 11.6 Å². The van der Waals surface area contributed by atoms with Crippen LogP contribution in [0.3, 0.4) is 0 Å². The molecular formula is C27H22N4O2S. The molecule has 0 unspecified atom stereocenters. The van der Waals surface area contributed by atoms with Gasteiger partial charge in [0.2, 0.25) is 5.13 Å². The minimum absolute atomic E-state index is 0.223. The Kier molecular flexibility index (Phi) is 5.93. The van der Waals surface area contributed by atoms with Crippen molar-refractivity contribution in [2.24, 2.45) is 0 Å². The summed E-state index contributed by atoms with van der Waals surface area (Å²) in [6, 6.07) is 27.0. The van der Waals surface area contributed by atoms with Crippen molar-refractivity contribution < 1.29 is 9.53 Å². The highest BCUT2D eigenvalue weighted by molar-refractivity contribution is 7.20. The minimum atomic E-state index is -0.223. The molecule has 168 valence electrons. The van der Waals surface area contributed by atoms with Gasteiger partial charge in [-0.2, -0.15) is 9.78 Å². The summed E-state index contributed by atoms with van der Waals surface area (Å²) in [6.45, 7) is 1.89. The van der Waals surface area contributed by atoms with E-state index in [0.717, 1.165) is 32.8 Å². The van der Waals surface area contributed by atoms with E-state index in [9.17, 15) is 4.79 Å². The molecule has 5 aromatic rings. The van der Waals surface area contributed by atoms with Crippen LogP contribution in [0.25, 0.3) is 27.0 Å². The Morgan fingerprint density at radius 3 is 2.47 bits per heavy atom. The number of hydrogen-bond acceptors (Lipinski definition) is 5. The number of benzene rings is 3. The first-order valence-electron chi connectivity index (χ1n) is 10.8. The van der Waals surface area contributed by atoms with Crippen molar-refractivity contribution in [3.8, 4) is 10.9 Å². The normalized spacial score (nSPS) is 11.5. The van der Waals surface area contributed by atoms with Crippen LogP contribution in [0.5, 0.6) is 5.75 Å². The molecule has 2 aromatic heterocycles. The molecule has 6 nitrogen and oxygen atoms in total. The standard InChI is InChI=1S/C27H22N4O2S/c1-18-15-25(31(30-18)27-28-23-14-13-21(33-2)17-24(23)34-27)29-26(32)22(20-11-7-4-8-12-20)16-19-9-5-3-6-10-19/h3-17H,1-2H3,(H,29,32)/b22-16-. The summed E-state index contributed by atoms with van der Waals surface area (Å²) in [4.78, 5) is 18.2. The maximum atomic E-state index is 13.5. The first kappa shape index (κ1) is 21.6. The van der Waals surface area contributed by atoms with Gasteiger partial charge in [-0.05, 0) is 42.3 Å². The number of nitrogens with zero attached hydrogens (tertiary/aromatic N) is 3. The van der Waals surface area contributed by atoms with Gasteiger partial charge in [0.05, 0.1) is 23.0 Å². The molecule has 0 atom stereocenters. The largest absolute Gasteiger partial charge is 0.497 e. The lowest BCUT2D eigenvalue weighted by atomic mass is 10.0. The predicted molar refractivity (Wildman–Crippen MR) is 137 cm³/mol. The fraction of sp³-hybridized carbons (Fsp3) is 0.0741. The molecule has 0 radical (unpaired) electrons. The van der Waals surface area contributed by atoms with Gasteiger partial charge < -0.3 is 10.1 Å². The van der Waals surface area contributed by atoms with E-state index >= 15 is 0 Å². The van der Waals surface area contributed by atoms with Crippen LogP contribution in [0, 0.1) is 6.92 Å². The lowest BCUT2D eigenvalue weighted by Gasteiger charge is -2.10. The van der Waals surface area contributed by atoms with Crippen molar-refractivity contribution in [1.82, 2.24) is 14.8 Å². The molecule has 0 saturated heterocycles. The molecule has 1 N–H and O–H groups in total. The number of ether oxygens (including phenoxy) is 1. The third-order valence-electron chi connectivity index (χ3n) is 5.28. The zero-order chi connectivity index (χ0) is 23.5. The van der Waals surface area contributed by atoms with Gasteiger partial charge in [0.15, 0.2) is 0 Å². The number of aryl methyl sites for hydroxylation is 1. The van der Waals surface area contributed by atoms with Crippen LogP contribution in [0.1, 0.15) is 16.8 Å². The maximum absolute atomic E-state index is 13.5. The van der Waals surface area contributed by atoms with Gasteiger partial charge in [0.1, 0.15) is 11.6 Å². The molecular weight excluding hydrogens is 444 g/mol. The van der Waals surface area contributed by atoms with Crippen molar-refractivity contribution in [1.29, 1.82) is 0 Å². The van der Waals surface area contributed by atoms with E-state index < -0.39 is 0 Å². The number of anilines is 1. The summed E-state index contributed by atoms with van der Waals surface area (Å²) in [6.07, 6.45) is 1.89. The summed E-state index contributed by atoms with van der Waals surface area (Å²) in [7, 11) is 1.64. The van der Waals surface area contributed by atoms with Crippen LogP contribution in [-0.4, -0.2) is 27.8 Å². The Morgan fingerprint density at radius 2 is 1.74 bits per heavy atom. The smallest absolute Gasteiger partial charge is 0.257 e. The van der Waals surface area contributed by atoms with E-state index in [-0.39, 0.29) is 5.91 Å². The quantitative estimate of drug-likeness (QED) is 0.247. The molecule has 0 bridgehead atoms. The highest BCUT2D eigenvalue weighted by Crippen LogP contribution is 2.30. The zero-order valence-corrected chi connectivity index (χ0v) is 19.5. The number of hydrogen-bond donors (Lipinski definition) is 1. The first-order valence-corrected chi connectivity index (χ1v) is 11.6. The van der Waals surface area contributed by atoms with Gasteiger partial charge in [0.25, 0.3) is 5.91 Å². The van der Waals surface area contributed by atoms with Crippen LogP contribution >= 0.6 is 11.3 Å². The van der Waals surface area contributed by atoms with E-state index in [0.29, 0.717) is 16.5 Å². The molecule has 1 amide bonds. The molecule has 0 aliphatic heterocycles. The Bertz CT molecular complexity index is 1490. The van der Waals surface area contributed by atoms with Gasteiger partial charge in [-0.25, -0.2) is 4.98 Å². The Balaban J connectivity index is 1.51. The highest BCUT2D eigenvalue weighted by Gasteiger charge is 2.18. The number of aromatic nitrogens is 3. The number of nitrogens with one attached hydrogen (secondary N) is 1. The van der Waals surface area contributed by atoms with Crippen molar-refractivity contribution in [2.45, 2.75) is 6.92 Å². The van der Waals surface area contributed by atoms with E-state index in [4.69, 9.17) is 9.72 Å². The molecule has 34 heavy (non-hydrogen) atoms. The monoisotopic (exact) mass is 466 g/mol. The summed E-state index contributed by atoms with van der Waals surface area (Å²) in [5.41, 5.74) is 3.96. The number of carbonyl (C=O) groups excluding carboxylic acids is 1. The second-order valence-electron chi connectivity index (χ2n) is 7.70. The van der Waals surface area contributed by atoms with Crippen LogP contribution in [0.2, 0.25) is 0 Å². The topological polar surface area (TPSA) is 69.0 Å². The molecule has 0 fully saturated rings. The van der Waals surface area contributed by atoms with Gasteiger partial charge in [-0.15, -0.1) is 0 Å². The number of amides is 1. The van der Waals surface area contributed by atoms with Crippen molar-refractivity contribution in [3.63, 3.8) is 0 Å². The number of methoxy groups -OCH3 is 1. The number of rotatable bonds is 6. The van der Waals surface area contributed by atoms with E-state index in [1.165, 1.54) is 11.3 Å². The van der Waals surface area contributed by atoms with Gasteiger partial charge in [-0.1, -0.05) is 72.0 Å². The average molecular weight is 467 g/mol. The predicted octanol–water partition coefficient (Wildman–Crippen LogP) is 5.98. The molecule has 0 spiro atoms. The number of fused-ring (bicyclic) bond motifs is 1. The SMILES string of the molecule is COc1ccc2nc(-n3nc(C)cc3NC(=O)/C(=C\c3ccccc3)c3ccccc3)sc2c1. The molecule has 0 saturated carbocycles. The third kappa shape index (κ3) is 4.46. The molecule has 0 aliphatic carbocycles. The maximum Gasteiger partial charge on any atom is 0.257 e. The van der Waals surface area contributed by atoms with Crippen molar-refractivity contribution >= 4 is 44.9 Å². The Hall–Kier alpha value is -4.23. The summed E-state index contributed by atoms with van der Waals surface area (Å²) >= 11 is 1.49. The highest BCUT2D eigenvalue weighted by atomic mass is 32.1. The van der Waals surface area contributed by atoms with Crippen LogP contribution in [0.4, 0.5) is 5.82 Å². The molecule has 5 rings (SSSR count). The van der Waals surface area contributed by atoms with Gasteiger partial charge in [-0.3, -0.25) is 4.79 Å². The molecule has 2 heterocycles. The fourth-order valence-corrected chi connectivity index (χ4v) is 4.60. The first-order chi connectivity index (χ1) is 16.6. The van der Waals surface area contributed by atoms with Gasteiger partial charge >= 0.3 is 0 Å².